The van der Waals surface area contributed by atoms with Crippen LogP contribution < -0.4 is 0 Å². The van der Waals surface area contributed by atoms with Crippen LogP contribution in [-0.4, -0.2) is 58.2 Å². The number of alkyl halides is 14. The van der Waals surface area contributed by atoms with E-state index in [9.17, 15) is 57.1 Å². The van der Waals surface area contributed by atoms with Crippen molar-refractivity contribution in [3.63, 3.8) is 0 Å². The molecule has 2 atom stereocenters. The number of hydrogen-bond donors (Lipinski definition) is 0. The summed E-state index contributed by atoms with van der Waals surface area (Å²) in [5.74, 6) is -38.8. The number of rotatable bonds is 9. The van der Waals surface area contributed by atoms with E-state index in [2.05, 4.69) is 0 Å². The van der Waals surface area contributed by atoms with Gasteiger partial charge >= 0.3 is 35.8 Å². The Morgan fingerprint density at radius 2 is 1.15 bits per heavy atom. The zero-order valence-corrected chi connectivity index (χ0v) is 19.0. The van der Waals surface area contributed by atoms with Crippen LogP contribution >= 0.6 is 22.6 Å². The van der Waals surface area contributed by atoms with E-state index in [1.165, 1.54) is 4.90 Å². The van der Waals surface area contributed by atoms with Crippen molar-refractivity contribution in [2.45, 2.75) is 48.8 Å². The van der Waals surface area contributed by atoms with Crippen molar-refractivity contribution in [2.24, 2.45) is 11.8 Å². The van der Waals surface area contributed by atoms with Crippen LogP contribution in [0.4, 0.5) is 57.1 Å². The number of benzene rings is 1. The molecule has 0 N–H and O–H groups in total. The van der Waals surface area contributed by atoms with Crippen LogP contribution in [0, 0.1) is 11.8 Å². The van der Waals surface area contributed by atoms with Crippen molar-refractivity contribution in [1.82, 2.24) is 4.90 Å². The smallest absolute Gasteiger partial charge is 0.298 e. The Labute approximate surface area is 198 Å². The average molecular weight is 633 g/mol. The van der Waals surface area contributed by atoms with E-state index >= 15 is 0 Å². The lowest BCUT2D eigenvalue weighted by atomic mass is 9.85. The number of likely N-dealkylation sites (tertiary alicyclic amines) is 1. The molecule has 0 radical (unpaired) electrons. The van der Waals surface area contributed by atoms with Crippen LogP contribution in [0.3, 0.4) is 0 Å². The van der Waals surface area contributed by atoms with E-state index in [0.29, 0.717) is 5.56 Å². The Hall–Kier alpha value is -1.00. The molecule has 0 aliphatic carbocycles. The summed E-state index contributed by atoms with van der Waals surface area (Å²) >= 11 is 1.72. The average Bonchev–Trinajstić information content (AvgIpc) is 3.07. The molecule has 2 rings (SSSR count). The molecule has 15 heteroatoms. The van der Waals surface area contributed by atoms with Crippen LogP contribution in [0.2, 0.25) is 0 Å². The summed E-state index contributed by atoms with van der Waals surface area (Å²) in [4.78, 5) is 1.53. The maximum Gasteiger partial charge on any atom is 0.460 e. The summed E-state index contributed by atoms with van der Waals surface area (Å²) in [7, 11) is 0. The van der Waals surface area contributed by atoms with E-state index in [0.717, 1.165) is 0 Å². The molecule has 34 heavy (non-hydrogen) atoms. The second-order valence-electron chi connectivity index (χ2n) is 8.06. The summed E-state index contributed by atoms with van der Waals surface area (Å²) in [6, 6.07) is 8.33. The predicted octanol–water partition coefficient (Wildman–Crippen LogP) is 7.30. The van der Waals surface area contributed by atoms with Crippen molar-refractivity contribution < 1.29 is 57.1 Å². The molecule has 1 saturated heterocycles. The van der Waals surface area contributed by atoms with Gasteiger partial charge in [0, 0.05) is 30.5 Å². The van der Waals surface area contributed by atoms with Gasteiger partial charge in [-0.3, -0.25) is 4.90 Å². The summed E-state index contributed by atoms with van der Waals surface area (Å²) in [6.45, 7) is -0.115. The van der Waals surface area contributed by atoms with Crippen LogP contribution in [0.25, 0.3) is 0 Å². The van der Waals surface area contributed by atoms with E-state index in [4.69, 9.17) is 0 Å². The number of nitrogens with zero attached hydrogens (tertiary/aromatic N) is 1. The Bertz CT molecular complexity index is 825. The molecule has 1 fully saturated rings. The lowest BCUT2D eigenvalue weighted by Crippen LogP contribution is -2.70. The highest BCUT2D eigenvalue weighted by molar-refractivity contribution is 14.1. The van der Waals surface area contributed by atoms with Gasteiger partial charge in [0.2, 0.25) is 0 Å². The minimum Gasteiger partial charge on any atom is -0.298 e. The first kappa shape index (κ1) is 29.2. The summed E-state index contributed by atoms with van der Waals surface area (Å²) in [5, 5.41) is 0. The van der Waals surface area contributed by atoms with Gasteiger partial charge in [-0.25, -0.2) is 0 Å². The first-order valence-electron chi connectivity index (χ1n) is 9.51. The zero-order chi connectivity index (χ0) is 26.4. The molecule has 196 valence electrons. The topological polar surface area (TPSA) is 3.24 Å². The molecule has 1 aromatic carbocycles. The van der Waals surface area contributed by atoms with Crippen LogP contribution in [0.15, 0.2) is 30.3 Å². The Morgan fingerprint density at radius 3 is 1.62 bits per heavy atom. The molecule has 1 aliphatic rings. The van der Waals surface area contributed by atoms with Gasteiger partial charge in [0.05, 0.1) is 0 Å². The highest BCUT2D eigenvalue weighted by atomic mass is 127. The van der Waals surface area contributed by atoms with Gasteiger partial charge in [-0.2, -0.15) is 57.1 Å². The Kier molecular flexibility index (Phi) is 8.14. The molecule has 0 amide bonds. The van der Waals surface area contributed by atoms with Gasteiger partial charge in [0.1, 0.15) is 0 Å². The number of hydrogen-bond acceptors (Lipinski definition) is 1. The maximum absolute atomic E-state index is 14.3. The maximum atomic E-state index is 14.3. The fourth-order valence-corrected chi connectivity index (χ4v) is 4.67. The molecule has 0 aromatic heterocycles. The molecule has 0 unspecified atom stereocenters. The fraction of sp³-hybridized carbons (Fsp3) is 0.684. The van der Waals surface area contributed by atoms with Gasteiger partial charge in [-0.1, -0.05) is 52.9 Å². The summed E-state index contributed by atoms with van der Waals surface area (Å²) in [5.41, 5.74) is 0.702. The normalized spacial score (nSPS) is 21.8. The largest absolute Gasteiger partial charge is 0.460 e. The van der Waals surface area contributed by atoms with Crippen LogP contribution in [-0.2, 0) is 6.54 Å². The molecular formula is C19H17F13IN. The highest BCUT2D eigenvalue weighted by Crippen LogP contribution is 2.61. The van der Waals surface area contributed by atoms with E-state index in [1.54, 1.807) is 52.9 Å². The first-order valence-corrected chi connectivity index (χ1v) is 11.0. The van der Waals surface area contributed by atoms with Gasteiger partial charge in [-0.15, -0.1) is 0 Å². The number of halogens is 14. The monoisotopic (exact) mass is 633 g/mol. The van der Waals surface area contributed by atoms with Gasteiger partial charge in [0.15, 0.2) is 0 Å². The quantitative estimate of drug-likeness (QED) is 0.157. The Morgan fingerprint density at radius 1 is 0.676 bits per heavy atom. The van der Waals surface area contributed by atoms with Crippen molar-refractivity contribution in [3.05, 3.63) is 35.9 Å². The lowest BCUT2D eigenvalue weighted by molar-refractivity contribution is -0.440. The fourth-order valence-electron chi connectivity index (χ4n) is 3.67. The van der Waals surface area contributed by atoms with E-state index in [-0.39, 0.29) is 24.1 Å². The van der Waals surface area contributed by atoms with Crippen LogP contribution in [0.5, 0.6) is 0 Å². The second-order valence-corrected chi connectivity index (χ2v) is 8.94. The third-order valence-corrected chi connectivity index (χ3v) is 6.75. The van der Waals surface area contributed by atoms with Gasteiger partial charge < -0.3 is 0 Å². The minimum absolute atomic E-state index is 0.0584. The Balaban J connectivity index is 2.29. The van der Waals surface area contributed by atoms with Crippen molar-refractivity contribution in [3.8, 4) is 0 Å². The molecule has 0 spiro atoms. The van der Waals surface area contributed by atoms with Gasteiger partial charge in [-0.05, 0) is 17.4 Å². The molecule has 1 aromatic rings. The second kappa shape index (κ2) is 9.47. The zero-order valence-electron chi connectivity index (χ0n) is 16.8. The first-order chi connectivity index (χ1) is 15.2. The van der Waals surface area contributed by atoms with Crippen molar-refractivity contribution in [2.75, 3.05) is 17.5 Å². The standard InChI is InChI=1S/C19H17F13IN/c20-14(21,15(22,23)16(24,25)17(26,27)18(28,29)19(30,31)32)6-12-9-34(10-13(12)7-33)8-11-4-2-1-3-5-11/h1-5,12-13H,6-10H2/t12-,13-/m0/s1. The van der Waals surface area contributed by atoms with E-state index < -0.39 is 54.0 Å². The lowest BCUT2D eigenvalue weighted by Gasteiger charge is -2.40. The van der Waals surface area contributed by atoms with Gasteiger partial charge in [0.25, 0.3) is 0 Å². The summed E-state index contributed by atoms with van der Waals surface area (Å²) < 4.78 is 174. The molecular weight excluding hydrogens is 616 g/mol. The molecule has 0 bridgehead atoms. The predicted molar refractivity (Wildman–Crippen MR) is 103 cm³/mol. The molecule has 1 nitrogen and oxygen atoms in total. The van der Waals surface area contributed by atoms with Crippen molar-refractivity contribution in [1.29, 1.82) is 0 Å². The molecule has 1 aliphatic heterocycles. The SMILES string of the molecule is FC(F)(F)C(F)(F)C(F)(F)C(F)(F)C(F)(F)C(F)(F)C[C@H]1CN(Cc2ccccc2)C[C@@H]1CI. The molecule has 0 saturated carbocycles. The highest BCUT2D eigenvalue weighted by Gasteiger charge is 2.90. The molecule has 1 heterocycles. The van der Waals surface area contributed by atoms with E-state index in [1.807, 2.05) is 0 Å². The third kappa shape index (κ3) is 4.96. The minimum atomic E-state index is -7.86. The van der Waals surface area contributed by atoms with Crippen LogP contribution in [0.1, 0.15) is 12.0 Å². The van der Waals surface area contributed by atoms with Crippen molar-refractivity contribution >= 4 is 22.6 Å². The summed E-state index contributed by atoms with van der Waals surface area (Å²) in [6.07, 6.45) is -9.52. The third-order valence-electron chi connectivity index (χ3n) is 5.62.